The Morgan fingerprint density at radius 3 is 2.62 bits per heavy atom. The molecule has 0 aliphatic rings. The van der Waals surface area contributed by atoms with E-state index in [4.69, 9.17) is 0 Å². The molecule has 3 rings (SSSR count). The maximum Gasteiger partial charge on any atom is 0.255 e. The van der Waals surface area contributed by atoms with E-state index in [9.17, 15) is 9.59 Å². The van der Waals surface area contributed by atoms with Crippen LogP contribution >= 0.6 is 0 Å². The first kappa shape index (κ1) is 17.6. The third-order valence-corrected chi connectivity index (χ3v) is 4.17. The van der Waals surface area contributed by atoms with Gasteiger partial charge in [-0.2, -0.15) is 9.78 Å². The van der Waals surface area contributed by atoms with Gasteiger partial charge in [0.2, 0.25) is 11.9 Å². The van der Waals surface area contributed by atoms with Crippen LogP contribution in [0, 0.1) is 20.8 Å². The SMILES string of the molecule is Cc1cc(NC(=O)CCc2ccccc2)n(-c2nc(C)c(C)c(=O)[nH]2)n1. The molecule has 7 nitrogen and oxygen atoms in total. The lowest BCUT2D eigenvalue weighted by molar-refractivity contribution is -0.116. The minimum atomic E-state index is -0.220. The Kier molecular flexibility index (Phi) is 4.97. The molecule has 0 saturated heterocycles. The van der Waals surface area contributed by atoms with Gasteiger partial charge in [-0.05, 0) is 32.8 Å². The summed E-state index contributed by atoms with van der Waals surface area (Å²) in [6, 6.07) is 11.6. The van der Waals surface area contributed by atoms with Crippen molar-refractivity contribution in [1.29, 1.82) is 0 Å². The molecule has 0 bridgehead atoms. The Balaban J connectivity index is 1.79. The van der Waals surface area contributed by atoms with Gasteiger partial charge in [0.15, 0.2) is 0 Å². The number of aromatic amines is 1. The van der Waals surface area contributed by atoms with E-state index < -0.39 is 0 Å². The maximum atomic E-state index is 12.3. The van der Waals surface area contributed by atoms with E-state index in [1.165, 1.54) is 4.68 Å². The van der Waals surface area contributed by atoms with Gasteiger partial charge >= 0.3 is 0 Å². The van der Waals surface area contributed by atoms with Crippen molar-refractivity contribution < 1.29 is 4.79 Å². The Labute approximate surface area is 151 Å². The lowest BCUT2D eigenvalue weighted by Crippen LogP contribution is -2.21. The van der Waals surface area contributed by atoms with Gasteiger partial charge < -0.3 is 5.32 Å². The zero-order chi connectivity index (χ0) is 18.7. The largest absolute Gasteiger partial charge is 0.310 e. The molecule has 7 heteroatoms. The molecule has 0 radical (unpaired) electrons. The van der Waals surface area contributed by atoms with Crippen molar-refractivity contribution in [2.75, 3.05) is 5.32 Å². The summed E-state index contributed by atoms with van der Waals surface area (Å²) < 4.78 is 1.45. The Morgan fingerprint density at radius 1 is 1.19 bits per heavy atom. The van der Waals surface area contributed by atoms with E-state index in [1.807, 2.05) is 37.3 Å². The molecule has 0 aliphatic carbocycles. The van der Waals surface area contributed by atoms with Crippen LogP contribution in [-0.4, -0.2) is 25.7 Å². The van der Waals surface area contributed by atoms with Gasteiger partial charge in [0.25, 0.3) is 5.56 Å². The number of rotatable bonds is 5. The van der Waals surface area contributed by atoms with Crippen LogP contribution in [0.25, 0.3) is 5.95 Å². The van der Waals surface area contributed by atoms with Crippen molar-refractivity contribution in [2.45, 2.75) is 33.6 Å². The summed E-state index contributed by atoms with van der Waals surface area (Å²) in [5, 5.41) is 7.19. The molecular weight excluding hydrogens is 330 g/mol. The minimum absolute atomic E-state index is 0.124. The summed E-state index contributed by atoms with van der Waals surface area (Å²) in [6.07, 6.45) is 1.00. The fourth-order valence-corrected chi connectivity index (χ4v) is 2.59. The number of amides is 1. The molecule has 0 spiro atoms. The molecule has 134 valence electrons. The van der Waals surface area contributed by atoms with E-state index in [0.717, 1.165) is 5.56 Å². The summed E-state index contributed by atoms with van der Waals surface area (Å²) in [6.45, 7) is 5.30. The number of hydrogen-bond acceptors (Lipinski definition) is 4. The maximum absolute atomic E-state index is 12.3. The molecule has 2 heterocycles. The summed E-state index contributed by atoms with van der Waals surface area (Å²) in [5.41, 5.74) is 2.78. The number of anilines is 1. The smallest absolute Gasteiger partial charge is 0.255 e. The molecule has 0 fully saturated rings. The average Bonchev–Trinajstić information content (AvgIpc) is 2.98. The van der Waals surface area contributed by atoms with Crippen LogP contribution in [0.4, 0.5) is 5.82 Å². The highest BCUT2D eigenvalue weighted by Gasteiger charge is 2.14. The fourth-order valence-electron chi connectivity index (χ4n) is 2.59. The van der Waals surface area contributed by atoms with Crippen LogP contribution in [0.3, 0.4) is 0 Å². The van der Waals surface area contributed by atoms with Crippen molar-refractivity contribution in [2.24, 2.45) is 0 Å². The third-order valence-electron chi connectivity index (χ3n) is 4.17. The van der Waals surface area contributed by atoms with Crippen molar-refractivity contribution in [3.63, 3.8) is 0 Å². The second-order valence-corrected chi connectivity index (χ2v) is 6.22. The van der Waals surface area contributed by atoms with Crippen LogP contribution in [0.1, 0.15) is 28.9 Å². The highest BCUT2D eigenvalue weighted by Crippen LogP contribution is 2.15. The predicted molar refractivity (Wildman–Crippen MR) is 99.6 cm³/mol. The minimum Gasteiger partial charge on any atom is -0.310 e. The number of hydrogen-bond donors (Lipinski definition) is 2. The van der Waals surface area contributed by atoms with Gasteiger partial charge in [-0.25, -0.2) is 4.98 Å². The van der Waals surface area contributed by atoms with Crippen LogP contribution in [0.15, 0.2) is 41.2 Å². The van der Waals surface area contributed by atoms with Gasteiger partial charge in [0.05, 0.1) is 5.69 Å². The molecule has 0 unspecified atom stereocenters. The Morgan fingerprint density at radius 2 is 1.92 bits per heavy atom. The number of nitrogens with zero attached hydrogens (tertiary/aromatic N) is 3. The number of benzene rings is 1. The predicted octanol–water partition coefficient (Wildman–Crippen LogP) is 2.45. The van der Waals surface area contributed by atoms with E-state index in [1.54, 1.807) is 19.9 Å². The first-order chi connectivity index (χ1) is 12.4. The van der Waals surface area contributed by atoms with E-state index in [2.05, 4.69) is 20.4 Å². The molecule has 2 N–H and O–H groups in total. The lowest BCUT2D eigenvalue weighted by Gasteiger charge is -2.09. The highest BCUT2D eigenvalue weighted by atomic mass is 16.1. The second kappa shape index (κ2) is 7.35. The van der Waals surface area contributed by atoms with Crippen molar-refractivity contribution >= 4 is 11.7 Å². The normalized spacial score (nSPS) is 10.7. The molecule has 3 aromatic rings. The lowest BCUT2D eigenvalue weighted by atomic mass is 10.1. The zero-order valence-electron chi connectivity index (χ0n) is 15.0. The monoisotopic (exact) mass is 351 g/mol. The van der Waals surface area contributed by atoms with Crippen LogP contribution < -0.4 is 10.9 Å². The van der Waals surface area contributed by atoms with Gasteiger partial charge in [-0.1, -0.05) is 30.3 Å². The molecule has 0 aliphatic heterocycles. The molecule has 1 amide bonds. The summed E-state index contributed by atoms with van der Waals surface area (Å²) >= 11 is 0. The van der Waals surface area contributed by atoms with Gasteiger partial charge in [0.1, 0.15) is 5.82 Å². The van der Waals surface area contributed by atoms with Crippen molar-refractivity contribution in [3.05, 3.63) is 69.3 Å². The number of carbonyl (C=O) groups excluding carboxylic acids is 1. The number of nitrogens with one attached hydrogen (secondary N) is 2. The topological polar surface area (TPSA) is 92.7 Å². The quantitative estimate of drug-likeness (QED) is 0.738. The fraction of sp³-hybridized carbons (Fsp3) is 0.263. The van der Waals surface area contributed by atoms with E-state index in [0.29, 0.717) is 35.6 Å². The molecule has 0 atom stereocenters. The average molecular weight is 351 g/mol. The second-order valence-electron chi connectivity index (χ2n) is 6.22. The third kappa shape index (κ3) is 3.88. The summed E-state index contributed by atoms with van der Waals surface area (Å²) in [4.78, 5) is 31.4. The Hall–Kier alpha value is -3.22. The van der Waals surface area contributed by atoms with Crippen molar-refractivity contribution in [3.8, 4) is 5.95 Å². The summed E-state index contributed by atoms with van der Waals surface area (Å²) in [7, 11) is 0. The number of aryl methyl sites for hydroxylation is 3. The zero-order valence-corrected chi connectivity index (χ0v) is 15.0. The van der Waals surface area contributed by atoms with E-state index >= 15 is 0 Å². The molecule has 2 aromatic heterocycles. The molecular formula is C19H21N5O2. The molecule has 26 heavy (non-hydrogen) atoms. The first-order valence-corrected chi connectivity index (χ1v) is 8.42. The molecule has 1 aromatic carbocycles. The molecule has 0 saturated carbocycles. The van der Waals surface area contributed by atoms with Gasteiger partial charge in [-0.3, -0.25) is 14.6 Å². The number of carbonyl (C=O) groups is 1. The first-order valence-electron chi connectivity index (χ1n) is 8.42. The number of aromatic nitrogens is 4. The van der Waals surface area contributed by atoms with Gasteiger partial charge in [-0.15, -0.1) is 0 Å². The van der Waals surface area contributed by atoms with E-state index in [-0.39, 0.29) is 17.4 Å². The highest BCUT2D eigenvalue weighted by molar-refractivity contribution is 5.90. The standard InChI is InChI=1S/C19H21N5O2/c1-12-11-16(21-17(25)10-9-15-7-5-4-6-8-15)24(23-12)19-20-14(3)13(2)18(26)22-19/h4-8,11H,9-10H2,1-3H3,(H,21,25)(H,20,22,26). The van der Waals surface area contributed by atoms with Crippen LogP contribution in [-0.2, 0) is 11.2 Å². The van der Waals surface area contributed by atoms with Gasteiger partial charge in [0, 0.05) is 23.7 Å². The Bertz CT molecular complexity index is 989. The summed E-state index contributed by atoms with van der Waals surface area (Å²) in [5.74, 6) is 0.637. The number of H-pyrrole nitrogens is 1. The van der Waals surface area contributed by atoms with Crippen LogP contribution in [0.5, 0.6) is 0 Å². The van der Waals surface area contributed by atoms with Crippen LogP contribution in [0.2, 0.25) is 0 Å². The van der Waals surface area contributed by atoms with Crippen molar-refractivity contribution in [1.82, 2.24) is 19.7 Å².